The molecule has 1 aromatic carbocycles. The lowest BCUT2D eigenvalue weighted by atomic mass is 9.97. The van der Waals surface area contributed by atoms with Crippen LogP contribution in [-0.2, 0) is 34.2 Å². The zero-order valence-corrected chi connectivity index (χ0v) is 18.4. The molecule has 0 saturated heterocycles. The molecule has 9 heteroatoms. The third-order valence-corrected chi connectivity index (χ3v) is 7.72. The highest BCUT2D eigenvalue weighted by Gasteiger charge is 2.29. The van der Waals surface area contributed by atoms with E-state index in [2.05, 4.69) is 22.2 Å². The molecular formula is C20H22ClN3O3S2. The van der Waals surface area contributed by atoms with Gasteiger partial charge >= 0.3 is 0 Å². The van der Waals surface area contributed by atoms with Crippen LogP contribution in [0.25, 0.3) is 0 Å². The molecule has 4 rings (SSSR count). The summed E-state index contributed by atoms with van der Waals surface area (Å²) in [7, 11) is -3.63. The Morgan fingerprint density at radius 2 is 2.10 bits per heavy atom. The zero-order valence-electron chi connectivity index (χ0n) is 16.0. The first kappa shape index (κ1) is 20.4. The van der Waals surface area contributed by atoms with Crippen LogP contribution >= 0.6 is 22.9 Å². The molecule has 1 aromatic heterocycles. The lowest BCUT2D eigenvalue weighted by Crippen LogP contribution is -2.35. The van der Waals surface area contributed by atoms with Crippen molar-refractivity contribution in [3.05, 3.63) is 61.9 Å². The second-order valence-corrected chi connectivity index (χ2v) is 10.9. The van der Waals surface area contributed by atoms with Gasteiger partial charge < -0.3 is 10.2 Å². The van der Waals surface area contributed by atoms with E-state index in [1.54, 1.807) is 17.0 Å². The van der Waals surface area contributed by atoms with Crippen LogP contribution in [0.4, 0.5) is 5.69 Å². The number of nitrogens with zero attached hydrogens (tertiary/aromatic N) is 1. The van der Waals surface area contributed by atoms with Gasteiger partial charge in [0.2, 0.25) is 10.0 Å². The van der Waals surface area contributed by atoms with Gasteiger partial charge in [-0.2, -0.15) is 0 Å². The number of aryl methyl sites for hydroxylation is 2. The van der Waals surface area contributed by atoms with Crippen molar-refractivity contribution in [2.24, 2.45) is 0 Å². The number of nitrogens with one attached hydrogen (secondary N) is 2. The Balaban J connectivity index is 1.44. The van der Waals surface area contributed by atoms with Gasteiger partial charge in [-0.15, -0.1) is 11.3 Å². The Morgan fingerprint density at radius 3 is 2.86 bits per heavy atom. The number of sulfonamides is 1. The van der Waals surface area contributed by atoms with Crippen molar-refractivity contribution in [2.45, 2.75) is 26.3 Å². The largest absolute Gasteiger partial charge is 0.312 e. The highest BCUT2D eigenvalue weighted by Crippen LogP contribution is 2.29. The number of hydrogen-bond donors (Lipinski definition) is 2. The maximum absolute atomic E-state index is 12.9. The van der Waals surface area contributed by atoms with Crippen LogP contribution in [0.1, 0.15) is 21.6 Å². The first-order valence-corrected chi connectivity index (χ1v) is 12.3. The standard InChI is InChI=1S/C20H22ClN3O3S2/c1-13-10-15-12-22-7-4-14(15)11-18(13)24-8-5-17(20(24)25)23-29(26,27)9-6-16-2-3-19(21)28-16/h2-3,5,10-11,22-23H,4,6-9,12H2,1H3. The molecule has 0 aliphatic carbocycles. The molecule has 154 valence electrons. The van der Waals surface area contributed by atoms with Crippen LogP contribution < -0.4 is 14.9 Å². The molecule has 0 bridgehead atoms. The van der Waals surface area contributed by atoms with Crippen molar-refractivity contribution < 1.29 is 13.2 Å². The van der Waals surface area contributed by atoms with Crippen molar-refractivity contribution in [1.29, 1.82) is 0 Å². The van der Waals surface area contributed by atoms with E-state index in [0.717, 1.165) is 35.6 Å². The maximum atomic E-state index is 12.9. The number of thiophene rings is 1. The molecule has 2 aliphatic heterocycles. The van der Waals surface area contributed by atoms with Crippen LogP contribution in [-0.4, -0.2) is 33.2 Å². The minimum absolute atomic E-state index is 0.0979. The highest BCUT2D eigenvalue weighted by atomic mass is 35.5. The minimum Gasteiger partial charge on any atom is -0.312 e. The number of fused-ring (bicyclic) bond motifs is 1. The van der Waals surface area contributed by atoms with Crippen LogP contribution in [0.15, 0.2) is 36.0 Å². The second-order valence-electron chi connectivity index (χ2n) is 7.24. The van der Waals surface area contributed by atoms with E-state index < -0.39 is 10.0 Å². The lowest BCUT2D eigenvalue weighted by Gasteiger charge is -2.24. The summed E-state index contributed by atoms with van der Waals surface area (Å²) in [6.07, 6.45) is 2.92. The van der Waals surface area contributed by atoms with Gasteiger partial charge in [0.15, 0.2) is 0 Å². The topological polar surface area (TPSA) is 78.5 Å². The van der Waals surface area contributed by atoms with Gasteiger partial charge in [0.25, 0.3) is 5.91 Å². The summed E-state index contributed by atoms with van der Waals surface area (Å²) in [4.78, 5) is 15.4. The summed E-state index contributed by atoms with van der Waals surface area (Å²) in [6.45, 7) is 4.09. The van der Waals surface area contributed by atoms with E-state index in [0.29, 0.717) is 17.3 Å². The predicted octanol–water partition coefficient (Wildman–Crippen LogP) is 2.75. The molecule has 1 amide bonds. The Morgan fingerprint density at radius 1 is 1.28 bits per heavy atom. The van der Waals surface area contributed by atoms with Gasteiger partial charge in [-0.1, -0.05) is 17.7 Å². The van der Waals surface area contributed by atoms with Crippen molar-refractivity contribution in [2.75, 3.05) is 23.7 Å². The summed E-state index contributed by atoms with van der Waals surface area (Å²) in [5, 5.41) is 3.35. The number of carbonyl (C=O) groups excluding carboxylic acids is 1. The second kappa shape index (κ2) is 8.10. The predicted molar refractivity (Wildman–Crippen MR) is 117 cm³/mol. The quantitative estimate of drug-likeness (QED) is 0.707. The number of anilines is 1. The molecule has 0 spiro atoms. The number of carbonyl (C=O) groups is 1. The van der Waals surface area contributed by atoms with E-state index in [1.807, 2.05) is 13.0 Å². The molecule has 2 aromatic rings. The molecule has 0 radical (unpaired) electrons. The average Bonchev–Trinajstić information content (AvgIpc) is 3.25. The normalized spacial score (nSPS) is 16.7. The molecule has 2 aliphatic rings. The zero-order chi connectivity index (χ0) is 20.6. The highest BCUT2D eigenvalue weighted by molar-refractivity contribution is 7.89. The summed E-state index contributed by atoms with van der Waals surface area (Å²) < 4.78 is 28.0. The fourth-order valence-corrected chi connectivity index (χ4v) is 5.98. The fourth-order valence-electron chi connectivity index (χ4n) is 3.66. The van der Waals surface area contributed by atoms with E-state index >= 15 is 0 Å². The lowest BCUT2D eigenvalue weighted by molar-refractivity contribution is -0.114. The molecule has 0 fully saturated rings. The monoisotopic (exact) mass is 451 g/mol. The van der Waals surface area contributed by atoms with Crippen molar-refractivity contribution in [1.82, 2.24) is 10.0 Å². The summed E-state index contributed by atoms with van der Waals surface area (Å²) in [5.41, 5.74) is 4.46. The molecule has 2 N–H and O–H groups in total. The Labute approximate surface area is 179 Å². The average molecular weight is 452 g/mol. The van der Waals surface area contributed by atoms with E-state index in [1.165, 1.54) is 22.5 Å². The van der Waals surface area contributed by atoms with Crippen LogP contribution in [0.5, 0.6) is 0 Å². The van der Waals surface area contributed by atoms with Gasteiger partial charge in [0, 0.05) is 23.7 Å². The Kier molecular flexibility index (Phi) is 5.70. The molecule has 6 nitrogen and oxygen atoms in total. The number of amides is 1. The van der Waals surface area contributed by atoms with Gasteiger partial charge in [-0.05, 0) is 67.3 Å². The van der Waals surface area contributed by atoms with E-state index in [4.69, 9.17) is 11.6 Å². The summed E-state index contributed by atoms with van der Waals surface area (Å²) in [5.74, 6) is -0.413. The summed E-state index contributed by atoms with van der Waals surface area (Å²) >= 11 is 7.25. The van der Waals surface area contributed by atoms with Crippen molar-refractivity contribution >= 4 is 44.6 Å². The first-order chi connectivity index (χ1) is 13.8. The third-order valence-electron chi connectivity index (χ3n) is 5.16. The number of rotatable bonds is 6. The molecule has 3 heterocycles. The number of hydrogen-bond acceptors (Lipinski definition) is 5. The van der Waals surface area contributed by atoms with Gasteiger partial charge in [-0.3, -0.25) is 9.52 Å². The molecule has 0 unspecified atom stereocenters. The summed E-state index contributed by atoms with van der Waals surface area (Å²) in [6, 6.07) is 7.74. The van der Waals surface area contributed by atoms with Crippen LogP contribution in [0, 0.1) is 6.92 Å². The minimum atomic E-state index is -3.63. The van der Waals surface area contributed by atoms with Crippen LogP contribution in [0.2, 0.25) is 4.34 Å². The molecule has 0 saturated carbocycles. The SMILES string of the molecule is Cc1cc2c(cc1N1CC=C(NS(=O)(=O)CCc3ccc(Cl)s3)C1=O)CCNC2. The number of benzene rings is 1. The van der Waals surface area contributed by atoms with Crippen molar-refractivity contribution in [3.63, 3.8) is 0 Å². The van der Waals surface area contributed by atoms with Gasteiger partial charge in [0.1, 0.15) is 5.70 Å². The molecule has 29 heavy (non-hydrogen) atoms. The Bertz CT molecular complexity index is 1090. The number of halogens is 1. The smallest absolute Gasteiger partial charge is 0.275 e. The van der Waals surface area contributed by atoms with Crippen molar-refractivity contribution in [3.8, 4) is 0 Å². The Hall–Kier alpha value is -1.87. The van der Waals surface area contributed by atoms with Gasteiger partial charge in [0.05, 0.1) is 10.1 Å². The third kappa shape index (κ3) is 4.50. The molecule has 0 atom stereocenters. The molecular weight excluding hydrogens is 430 g/mol. The first-order valence-electron chi connectivity index (χ1n) is 9.42. The van der Waals surface area contributed by atoms with E-state index in [-0.39, 0.29) is 17.4 Å². The van der Waals surface area contributed by atoms with E-state index in [9.17, 15) is 13.2 Å². The van der Waals surface area contributed by atoms with Gasteiger partial charge in [-0.25, -0.2) is 8.42 Å². The van der Waals surface area contributed by atoms with Crippen LogP contribution in [0.3, 0.4) is 0 Å². The fraction of sp³-hybridized carbons (Fsp3) is 0.350. The maximum Gasteiger partial charge on any atom is 0.275 e.